The van der Waals surface area contributed by atoms with Crippen molar-refractivity contribution in [3.05, 3.63) is 90.0 Å². The van der Waals surface area contributed by atoms with Crippen molar-refractivity contribution < 1.29 is 14.4 Å². The van der Waals surface area contributed by atoms with Gasteiger partial charge in [0.1, 0.15) is 5.92 Å². The summed E-state index contributed by atoms with van der Waals surface area (Å²) in [6, 6.07) is 24.9. The predicted molar refractivity (Wildman–Crippen MR) is 134 cm³/mol. The van der Waals surface area contributed by atoms with Crippen LogP contribution in [-0.4, -0.2) is 31.0 Å². The number of carbonyl (C=O) groups excluding carboxylic acids is 2. The summed E-state index contributed by atoms with van der Waals surface area (Å²) in [7, 11) is 0. The van der Waals surface area contributed by atoms with Crippen LogP contribution < -0.4 is 14.9 Å². The van der Waals surface area contributed by atoms with E-state index in [1.165, 1.54) is 4.90 Å². The second-order valence-electron chi connectivity index (χ2n) is 8.77. The Morgan fingerprint density at radius 3 is 2.06 bits per heavy atom. The zero-order valence-corrected chi connectivity index (χ0v) is 19.7. The fourth-order valence-electron chi connectivity index (χ4n) is 4.97. The van der Waals surface area contributed by atoms with Gasteiger partial charge in [0, 0.05) is 18.8 Å². The highest BCUT2D eigenvalue weighted by Crippen LogP contribution is 2.47. The molecule has 174 valence electrons. The first kappa shape index (κ1) is 22.2. The molecule has 2 fully saturated rings. The van der Waals surface area contributed by atoms with E-state index < -0.39 is 18.1 Å². The van der Waals surface area contributed by atoms with Crippen LogP contribution in [0.1, 0.15) is 31.0 Å². The van der Waals surface area contributed by atoms with E-state index in [2.05, 4.69) is 30.9 Å². The summed E-state index contributed by atoms with van der Waals surface area (Å²) in [6.45, 7) is 8.08. The van der Waals surface area contributed by atoms with Gasteiger partial charge in [-0.05, 0) is 62.7 Å². The van der Waals surface area contributed by atoms with Crippen LogP contribution in [0.15, 0.2) is 78.9 Å². The summed E-state index contributed by atoms with van der Waals surface area (Å²) >= 11 is 0. The molecule has 5 rings (SSSR count). The minimum Gasteiger partial charge on any atom is -0.372 e. The quantitative estimate of drug-likeness (QED) is 0.495. The molecule has 2 amide bonds. The monoisotopic (exact) mass is 455 g/mol. The normalized spacial score (nSPS) is 21.8. The topological polar surface area (TPSA) is 53.1 Å². The second kappa shape index (κ2) is 8.95. The SMILES string of the molecule is CCN(CC)c1ccc([C@@H]2[C@@H]3C(=O)N(c4ccc(C)cc4)C(=O)[C@H]3ON2c2ccccc2)cc1. The molecule has 3 aromatic carbocycles. The molecule has 2 aliphatic heterocycles. The average molecular weight is 456 g/mol. The number of imide groups is 1. The third kappa shape index (κ3) is 3.64. The summed E-state index contributed by atoms with van der Waals surface area (Å²) in [5.41, 5.74) is 4.54. The molecule has 0 saturated carbocycles. The van der Waals surface area contributed by atoms with Gasteiger partial charge in [0.25, 0.3) is 5.91 Å². The van der Waals surface area contributed by atoms with E-state index in [-0.39, 0.29) is 11.8 Å². The van der Waals surface area contributed by atoms with Crippen LogP contribution in [0.25, 0.3) is 0 Å². The van der Waals surface area contributed by atoms with Gasteiger partial charge in [0.15, 0.2) is 6.10 Å². The number of hydroxylamine groups is 1. The molecule has 6 nitrogen and oxygen atoms in total. The minimum atomic E-state index is -0.860. The van der Waals surface area contributed by atoms with E-state index in [1.807, 2.05) is 73.7 Å². The molecule has 2 saturated heterocycles. The molecular formula is C28H29N3O3. The van der Waals surface area contributed by atoms with Crippen LogP contribution in [-0.2, 0) is 14.4 Å². The first-order valence-corrected chi connectivity index (χ1v) is 11.8. The van der Waals surface area contributed by atoms with E-state index in [4.69, 9.17) is 4.84 Å². The van der Waals surface area contributed by atoms with Crippen LogP contribution in [0.2, 0.25) is 0 Å². The Morgan fingerprint density at radius 2 is 1.44 bits per heavy atom. The van der Waals surface area contributed by atoms with E-state index >= 15 is 0 Å². The Hall–Kier alpha value is -3.64. The summed E-state index contributed by atoms with van der Waals surface area (Å²) in [5.74, 6) is -1.18. The fraction of sp³-hybridized carbons (Fsp3) is 0.286. The third-order valence-electron chi connectivity index (χ3n) is 6.78. The van der Waals surface area contributed by atoms with Crippen molar-refractivity contribution in [1.29, 1.82) is 0 Å². The molecule has 0 aromatic heterocycles. The van der Waals surface area contributed by atoms with Gasteiger partial charge < -0.3 is 4.90 Å². The second-order valence-corrected chi connectivity index (χ2v) is 8.77. The lowest BCUT2D eigenvalue weighted by Crippen LogP contribution is -2.37. The molecule has 0 radical (unpaired) electrons. The number of benzene rings is 3. The number of hydrogen-bond acceptors (Lipinski definition) is 5. The smallest absolute Gasteiger partial charge is 0.266 e. The molecule has 0 unspecified atom stereocenters. The lowest BCUT2D eigenvalue weighted by atomic mass is 9.90. The molecular weight excluding hydrogens is 426 g/mol. The number of para-hydroxylation sites is 1. The highest BCUT2D eigenvalue weighted by molar-refractivity contribution is 6.23. The summed E-state index contributed by atoms with van der Waals surface area (Å²) in [4.78, 5) is 36.9. The molecule has 0 N–H and O–H groups in total. The standard InChI is InChI=1S/C28H29N3O3/c1-4-29(5-2)21-17-13-20(14-18-21)25-24-26(34-31(25)23-9-7-6-8-10-23)28(33)30(27(24)32)22-15-11-19(3)12-16-22/h6-18,24-26H,4-5H2,1-3H3/t24-,25+,26-/m0/s1. The number of rotatable bonds is 6. The van der Waals surface area contributed by atoms with Gasteiger partial charge in [-0.1, -0.05) is 48.0 Å². The molecule has 3 aromatic rings. The van der Waals surface area contributed by atoms with Crippen molar-refractivity contribution >= 4 is 28.9 Å². The summed E-state index contributed by atoms with van der Waals surface area (Å²) in [5, 5.41) is 1.74. The Kier molecular flexibility index (Phi) is 5.84. The van der Waals surface area contributed by atoms with Gasteiger partial charge in [-0.3, -0.25) is 14.4 Å². The first-order valence-electron chi connectivity index (χ1n) is 11.8. The lowest BCUT2D eigenvalue weighted by Gasteiger charge is -2.29. The van der Waals surface area contributed by atoms with Crippen molar-refractivity contribution in [3.63, 3.8) is 0 Å². The third-order valence-corrected chi connectivity index (χ3v) is 6.78. The van der Waals surface area contributed by atoms with Gasteiger partial charge in [-0.15, -0.1) is 0 Å². The Bertz CT molecular complexity index is 1170. The number of amides is 2. The van der Waals surface area contributed by atoms with Gasteiger partial charge in [-0.25, -0.2) is 9.96 Å². The number of aryl methyl sites for hydroxylation is 1. The maximum Gasteiger partial charge on any atom is 0.266 e. The van der Waals surface area contributed by atoms with Crippen LogP contribution in [0.5, 0.6) is 0 Å². The zero-order chi connectivity index (χ0) is 23.8. The van der Waals surface area contributed by atoms with E-state index in [9.17, 15) is 9.59 Å². The van der Waals surface area contributed by atoms with Crippen LogP contribution in [0.3, 0.4) is 0 Å². The van der Waals surface area contributed by atoms with Gasteiger partial charge in [-0.2, -0.15) is 0 Å². The van der Waals surface area contributed by atoms with Crippen molar-refractivity contribution in [2.75, 3.05) is 28.0 Å². The van der Waals surface area contributed by atoms with Crippen LogP contribution in [0, 0.1) is 12.8 Å². The Morgan fingerprint density at radius 1 is 0.794 bits per heavy atom. The molecule has 3 atom stereocenters. The van der Waals surface area contributed by atoms with Crippen LogP contribution >= 0.6 is 0 Å². The van der Waals surface area contributed by atoms with Crippen molar-refractivity contribution in [2.24, 2.45) is 5.92 Å². The minimum absolute atomic E-state index is 0.227. The number of carbonyl (C=O) groups is 2. The number of anilines is 3. The molecule has 0 aliphatic carbocycles. The maximum atomic E-state index is 13.7. The van der Waals surface area contributed by atoms with Gasteiger partial charge >= 0.3 is 0 Å². The van der Waals surface area contributed by atoms with Gasteiger partial charge in [0.2, 0.25) is 5.91 Å². The largest absolute Gasteiger partial charge is 0.372 e. The van der Waals surface area contributed by atoms with Gasteiger partial charge in [0.05, 0.1) is 17.4 Å². The number of nitrogens with zero attached hydrogens (tertiary/aromatic N) is 3. The maximum absolute atomic E-state index is 13.7. The molecule has 2 heterocycles. The van der Waals surface area contributed by atoms with Crippen molar-refractivity contribution in [3.8, 4) is 0 Å². The van der Waals surface area contributed by atoms with E-state index in [0.29, 0.717) is 5.69 Å². The van der Waals surface area contributed by atoms with E-state index in [1.54, 1.807) is 5.06 Å². The Balaban J connectivity index is 1.54. The molecule has 2 aliphatic rings. The molecule has 0 spiro atoms. The molecule has 0 bridgehead atoms. The van der Waals surface area contributed by atoms with Crippen LogP contribution in [0.4, 0.5) is 17.1 Å². The fourth-order valence-corrected chi connectivity index (χ4v) is 4.97. The van der Waals surface area contributed by atoms with Crippen molar-refractivity contribution in [1.82, 2.24) is 0 Å². The first-order chi connectivity index (χ1) is 16.5. The molecule has 6 heteroatoms. The lowest BCUT2D eigenvalue weighted by molar-refractivity contribution is -0.126. The molecule has 34 heavy (non-hydrogen) atoms. The average Bonchev–Trinajstić information content (AvgIpc) is 3.38. The number of hydrogen-bond donors (Lipinski definition) is 0. The summed E-state index contributed by atoms with van der Waals surface area (Å²) in [6.07, 6.45) is -0.860. The highest BCUT2D eigenvalue weighted by Gasteiger charge is 2.60. The summed E-state index contributed by atoms with van der Waals surface area (Å²) < 4.78 is 0. The van der Waals surface area contributed by atoms with E-state index in [0.717, 1.165) is 35.6 Å². The number of fused-ring (bicyclic) bond motifs is 1. The predicted octanol–water partition coefficient (Wildman–Crippen LogP) is 4.89. The Labute approximate surface area is 200 Å². The zero-order valence-electron chi connectivity index (χ0n) is 19.7. The van der Waals surface area contributed by atoms with Crippen molar-refractivity contribution in [2.45, 2.75) is 32.9 Å². The highest BCUT2D eigenvalue weighted by atomic mass is 16.7.